The van der Waals surface area contributed by atoms with Gasteiger partial charge < -0.3 is 10.1 Å². The van der Waals surface area contributed by atoms with Gasteiger partial charge in [0, 0.05) is 11.3 Å². The van der Waals surface area contributed by atoms with E-state index in [-0.39, 0.29) is 5.69 Å². The molecule has 0 saturated heterocycles. The highest BCUT2D eigenvalue weighted by Gasteiger charge is 2.30. The van der Waals surface area contributed by atoms with Gasteiger partial charge in [-0.25, -0.2) is 5.43 Å². The van der Waals surface area contributed by atoms with Crippen LogP contribution < -0.4 is 15.5 Å². The van der Waals surface area contributed by atoms with Crippen LogP contribution in [0.4, 0.5) is 18.9 Å². The van der Waals surface area contributed by atoms with Gasteiger partial charge in [-0.3, -0.25) is 9.59 Å². The quantitative estimate of drug-likeness (QED) is 0.339. The molecule has 0 unspecified atom stereocenters. The molecular weight excluding hydrogens is 423 g/mol. The molecule has 2 N–H and O–H groups in total. The first kappa shape index (κ1) is 22.5. The number of halogens is 3. The van der Waals surface area contributed by atoms with E-state index in [1.165, 1.54) is 12.3 Å². The number of benzene rings is 3. The molecule has 3 aromatic rings. The van der Waals surface area contributed by atoms with Crippen LogP contribution in [-0.2, 0) is 22.4 Å². The molecule has 0 aliphatic heterocycles. The molecule has 0 atom stereocenters. The zero-order valence-corrected chi connectivity index (χ0v) is 16.6. The molecule has 0 saturated carbocycles. The predicted octanol–water partition coefficient (Wildman–Crippen LogP) is 4.37. The lowest BCUT2D eigenvalue weighted by atomic mass is 10.2. The first-order valence-corrected chi connectivity index (χ1v) is 9.40. The van der Waals surface area contributed by atoms with Crippen LogP contribution in [0.1, 0.15) is 16.7 Å². The van der Waals surface area contributed by atoms with E-state index in [1.54, 1.807) is 24.3 Å². The molecule has 0 aromatic heterocycles. The number of hydrogen-bond donors (Lipinski definition) is 2. The zero-order chi connectivity index (χ0) is 23.0. The Labute approximate surface area is 181 Å². The van der Waals surface area contributed by atoms with Gasteiger partial charge in [-0.05, 0) is 35.9 Å². The van der Waals surface area contributed by atoms with Crippen LogP contribution in [-0.4, -0.2) is 18.0 Å². The standard InChI is InChI=1S/C23H18F3N3O3/c24-23(25,26)18-10-6-11-19(13-18)28-21(30)22(31)29-27-14-17-9-4-5-12-20(17)32-15-16-7-2-1-3-8-16/h1-14H,15H2,(H,28,30)(H,29,31)/b27-14-. The number of amides is 2. The Bertz CT molecular complexity index is 1120. The van der Waals surface area contributed by atoms with Crippen molar-refractivity contribution in [1.29, 1.82) is 0 Å². The van der Waals surface area contributed by atoms with Gasteiger partial charge in [-0.2, -0.15) is 18.3 Å². The summed E-state index contributed by atoms with van der Waals surface area (Å²) in [6.07, 6.45) is -3.26. The summed E-state index contributed by atoms with van der Waals surface area (Å²) >= 11 is 0. The van der Waals surface area contributed by atoms with E-state index in [4.69, 9.17) is 4.74 Å². The molecule has 9 heteroatoms. The molecule has 0 fully saturated rings. The Morgan fingerprint density at radius 2 is 1.62 bits per heavy atom. The van der Waals surface area contributed by atoms with Crippen LogP contribution >= 0.6 is 0 Å². The second-order valence-electron chi connectivity index (χ2n) is 6.54. The smallest absolute Gasteiger partial charge is 0.416 e. The summed E-state index contributed by atoms with van der Waals surface area (Å²) in [6, 6.07) is 20.4. The van der Waals surface area contributed by atoms with Crippen LogP contribution in [0.25, 0.3) is 0 Å². The molecule has 32 heavy (non-hydrogen) atoms. The Kier molecular flexibility index (Phi) is 7.22. The first-order chi connectivity index (χ1) is 15.3. The molecule has 3 rings (SSSR count). The fraction of sp³-hybridized carbons (Fsp3) is 0.0870. The minimum atomic E-state index is -4.57. The molecule has 164 valence electrons. The highest BCUT2D eigenvalue weighted by molar-refractivity contribution is 6.39. The topological polar surface area (TPSA) is 79.8 Å². The minimum Gasteiger partial charge on any atom is -0.488 e. The summed E-state index contributed by atoms with van der Waals surface area (Å²) in [4.78, 5) is 23.9. The molecule has 0 radical (unpaired) electrons. The lowest BCUT2D eigenvalue weighted by Gasteiger charge is -2.09. The van der Waals surface area contributed by atoms with Gasteiger partial charge in [0.05, 0.1) is 11.8 Å². The Morgan fingerprint density at radius 1 is 0.906 bits per heavy atom. The van der Waals surface area contributed by atoms with Gasteiger partial charge in [0.2, 0.25) is 0 Å². The summed E-state index contributed by atoms with van der Waals surface area (Å²) in [5.41, 5.74) is 2.46. The summed E-state index contributed by atoms with van der Waals surface area (Å²) in [5.74, 6) is -1.78. The van der Waals surface area contributed by atoms with E-state index in [1.807, 2.05) is 35.8 Å². The summed E-state index contributed by atoms with van der Waals surface area (Å²) < 4.78 is 44.0. The normalized spacial score (nSPS) is 11.2. The third kappa shape index (κ3) is 6.43. The number of carbonyl (C=O) groups excluding carboxylic acids is 2. The van der Waals surface area contributed by atoms with E-state index >= 15 is 0 Å². The molecule has 0 bridgehead atoms. The summed E-state index contributed by atoms with van der Waals surface area (Å²) in [6.45, 7) is 0.331. The van der Waals surface area contributed by atoms with Crippen LogP contribution in [0, 0.1) is 0 Å². The number of anilines is 1. The minimum absolute atomic E-state index is 0.163. The van der Waals surface area contributed by atoms with Gasteiger partial charge in [0.25, 0.3) is 0 Å². The van der Waals surface area contributed by atoms with Crippen molar-refractivity contribution < 1.29 is 27.5 Å². The molecule has 0 aliphatic rings. The van der Waals surface area contributed by atoms with E-state index < -0.39 is 23.6 Å². The maximum absolute atomic E-state index is 12.8. The van der Waals surface area contributed by atoms with E-state index in [9.17, 15) is 22.8 Å². The molecule has 0 heterocycles. The molecule has 6 nitrogen and oxygen atoms in total. The second kappa shape index (κ2) is 10.3. The highest BCUT2D eigenvalue weighted by atomic mass is 19.4. The number of ether oxygens (including phenoxy) is 1. The lowest BCUT2D eigenvalue weighted by molar-refractivity contribution is -0.137. The number of carbonyl (C=O) groups is 2. The van der Waals surface area contributed by atoms with Crippen LogP contribution in [0.2, 0.25) is 0 Å². The average Bonchev–Trinajstić information content (AvgIpc) is 2.78. The number of hydrogen-bond acceptors (Lipinski definition) is 4. The van der Waals surface area contributed by atoms with Gasteiger partial charge >= 0.3 is 18.0 Å². The number of para-hydroxylation sites is 1. The number of hydrazone groups is 1. The Balaban J connectivity index is 1.58. The van der Waals surface area contributed by atoms with Crippen molar-refractivity contribution in [2.45, 2.75) is 12.8 Å². The Morgan fingerprint density at radius 3 is 2.38 bits per heavy atom. The molecular formula is C23H18F3N3O3. The van der Waals surface area contributed by atoms with Crippen molar-refractivity contribution in [2.24, 2.45) is 5.10 Å². The average molecular weight is 441 g/mol. The fourth-order valence-electron chi connectivity index (χ4n) is 2.63. The van der Waals surface area contributed by atoms with E-state index in [0.717, 1.165) is 23.8 Å². The molecule has 0 spiro atoms. The summed E-state index contributed by atoms with van der Waals surface area (Å²) in [5, 5.41) is 5.83. The zero-order valence-electron chi connectivity index (χ0n) is 16.6. The molecule has 2 amide bonds. The molecule has 0 aliphatic carbocycles. The number of alkyl halides is 3. The van der Waals surface area contributed by atoms with E-state index in [2.05, 4.69) is 10.4 Å². The number of nitrogens with one attached hydrogen (secondary N) is 2. The maximum atomic E-state index is 12.8. The lowest BCUT2D eigenvalue weighted by Crippen LogP contribution is -2.32. The third-order valence-electron chi connectivity index (χ3n) is 4.18. The number of rotatable bonds is 6. The van der Waals surface area contributed by atoms with Crippen LogP contribution in [0.3, 0.4) is 0 Å². The van der Waals surface area contributed by atoms with Gasteiger partial charge in [0.1, 0.15) is 12.4 Å². The first-order valence-electron chi connectivity index (χ1n) is 9.40. The van der Waals surface area contributed by atoms with Crippen molar-refractivity contribution in [3.05, 3.63) is 95.6 Å². The van der Waals surface area contributed by atoms with Gasteiger partial charge in [0.15, 0.2) is 0 Å². The monoisotopic (exact) mass is 441 g/mol. The van der Waals surface area contributed by atoms with Gasteiger partial charge in [-0.1, -0.05) is 48.5 Å². The largest absolute Gasteiger partial charge is 0.488 e. The highest BCUT2D eigenvalue weighted by Crippen LogP contribution is 2.30. The van der Waals surface area contributed by atoms with Crippen molar-refractivity contribution in [3.63, 3.8) is 0 Å². The van der Waals surface area contributed by atoms with Crippen LogP contribution in [0.5, 0.6) is 5.75 Å². The SMILES string of the molecule is O=C(N/N=C\c1ccccc1OCc1ccccc1)C(=O)Nc1cccc(C(F)(F)F)c1. The fourth-order valence-corrected chi connectivity index (χ4v) is 2.63. The maximum Gasteiger partial charge on any atom is 0.416 e. The third-order valence-corrected chi connectivity index (χ3v) is 4.18. The van der Waals surface area contributed by atoms with Crippen molar-refractivity contribution >= 4 is 23.7 Å². The van der Waals surface area contributed by atoms with Gasteiger partial charge in [-0.15, -0.1) is 0 Å². The second-order valence-corrected chi connectivity index (χ2v) is 6.54. The van der Waals surface area contributed by atoms with E-state index in [0.29, 0.717) is 17.9 Å². The predicted molar refractivity (Wildman–Crippen MR) is 113 cm³/mol. The Hall–Kier alpha value is -4.14. The van der Waals surface area contributed by atoms with Crippen molar-refractivity contribution in [1.82, 2.24) is 5.43 Å². The van der Waals surface area contributed by atoms with Crippen molar-refractivity contribution in [2.75, 3.05) is 5.32 Å². The van der Waals surface area contributed by atoms with Crippen molar-refractivity contribution in [3.8, 4) is 5.75 Å². The molecule has 3 aromatic carbocycles. The van der Waals surface area contributed by atoms with Crippen LogP contribution in [0.15, 0.2) is 84.0 Å². The number of nitrogens with zero attached hydrogens (tertiary/aromatic N) is 1. The summed E-state index contributed by atoms with van der Waals surface area (Å²) in [7, 11) is 0.